The molecule has 0 bridgehead atoms. The molecule has 0 aliphatic rings. The molecule has 2 amide bonds. The number of anilines is 1. The molecule has 2 N–H and O–H groups in total. The van der Waals surface area contributed by atoms with Gasteiger partial charge in [-0.25, -0.2) is 4.79 Å². The Morgan fingerprint density at radius 1 is 1.05 bits per heavy atom. The minimum absolute atomic E-state index is 0.0267. The van der Waals surface area contributed by atoms with Gasteiger partial charge in [0, 0.05) is 5.69 Å². The van der Waals surface area contributed by atoms with Crippen LogP contribution in [0.5, 0.6) is 0 Å². The largest absolute Gasteiger partial charge is 0.331 e. The van der Waals surface area contributed by atoms with Gasteiger partial charge in [0.05, 0.1) is 6.04 Å². The van der Waals surface area contributed by atoms with Gasteiger partial charge in [-0.2, -0.15) is 0 Å². The van der Waals surface area contributed by atoms with Crippen LogP contribution >= 0.6 is 0 Å². The predicted octanol–water partition coefficient (Wildman–Crippen LogP) is 4.00. The lowest BCUT2D eigenvalue weighted by atomic mass is 10.1. The number of urea groups is 1. The van der Waals surface area contributed by atoms with E-state index in [4.69, 9.17) is 0 Å². The van der Waals surface area contributed by atoms with Crippen molar-refractivity contribution in [3.05, 3.63) is 78.4 Å². The summed E-state index contributed by atoms with van der Waals surface area (Å²) < 4.78 is 0. The van der Waals surface area contributed by atoms with Crippen LogP contribution in [0.4, 0.5) is 10.5 Å². The van der Waals surface area contributed by atoms with Gasteiger partial charge in [0.25, 0.3) is 0 Å². The summed E-state index contributed by atoms with van der Waals surface area (Å²) in [6.45, 7) is 1.95. The third kappa shape index (κ3) is 5.15. The van der Waals surface area contributed by atoms with Crippen LogP contribution in [0.2, 0.25) is 0 Å². The van der Waals surface area contributed by atoms with Gasteiger partial charge in [0.1, 0.15) is 0 Å². The second kappa shape index (κ2) is 7.90. The Balaban J connectivity index is 1.94. The lowest BCUT2D eigenvalue weighted by Gasteiger charge is -2.16. The third-order valence-corrected chi connectivity index (χ3v) is 3.07. The van der Waals surface area contributed by atoms with Crippen molar-refractivity contribution in [1.29, 1.82) is 0 Å². The summed E-state index contributed by atoms with van der Waals surface area (Å²) in [5.41, 5.74) is 1.98. The van der Waals surface area contributed by atoms with E-state index in [2.05, 4.69) is 22.8 Å². The van der Waals surface area contributed by atoms with Crippen LogP contribution in [-0.4, -0.2) is 12.1 Å². The highest BCUT2D eigenvalue weighted by Gasteiger charge is 2.09. The van der Waals surface area contributed by atoms with Gasteiger partial charge in [0.15, 0.2) is 0 Å². The first-order chi connectivity index (χ1) is 10.3. The van der Waals surface area contributed by atoms with Crippen LogP contribution < -0.4 is 10.6 Å². The Labute approximate surface area is 125 Å². The number of nitrogens with one attached hydrogen (secondary N) is 2. The molecule has 2 rings (SSSR count). The van der Waals surface area contributed by atoms with Gasteiger partial charge in [0.2, 0.25) is 0 Å². The maximum Gasteiger partial charge on any atom is 0.319 e. The van der Waals surface area contributed by atoms with Crippen molar-refractivity contribution in [1.82, 2.24) is 5.32 Å². The Kier molecular flexibility index (Phi) is 5.59. The minimum Gasteiger partial charge on any atom is -0.331 e. The smallest absolute Gasteiger partial charge is 0.319 e. The summed E-state index contributed by atoms with van der Waals surface area (Å²) in [7, 11) is 0. The van der Waals surface area contributed by atoms with E-state index in [1.807, 2.05) is 67.6 Å². The van der Waals surface area contributed by atoms with E-state index < -0.39 is 0 Å². The van der Waals surface area contributed by atoms with Crippen molar-refractivity contribution in [2.24, 2.45) is 0 Å². The van der Waals surface area contributed by atoms with Gasteiger partial charge in [-0.3, -0.25) is 0 Å². The van der Waals surface area contributed by atoms with Gasteiger partial charge in [-0.05, 0) is 31.0 Å². The third-order valence-electron chi connectivity index (χ3n) is 3.07. The molecule has 2 aromatic carbocycles. The number of rotatable bonds is 5. The van der Waals surface area contributed by atoms with Crippen molar-refractivity contribution >= 4 is 11.7 Å². The second-order valence-electron chi connectivity index (χ2n) is 4.79. The molecular weight excluding hydrogens is 260 g/mol. The molecular formula is C18H20N2O. The Hall–Kier alpha value is -2.55. The molecule has 0 aliphatic carbocycles. The van der Waals surface area contributed by atoms with Gasteiger partial charge in [-0.15, -0.1) is 0 Å². The molecule has 0 aliphatic heterocycles. The Morgan fingerprint density at radius 2 is 1.67 bits per heavy atom. The van der Waals surface area contributed by atoms with Crippen LogP contribution in [0.1, 0.15) is 12.5 Å². The molecule has 0 saturated heterocycles. The number of amides is 2. The number of benzene rings is 2. The molecule has 1 unspecified atom stereocenters. The topological polar surface area (TPSA) is 41.1 Å². The molecule has 1 atom stereocenters. The zero-order valence-corrected chi connectivity index (χ0v) is 12.1. The fourth-order valence-corrected chi connectivity index (χ4v) is 2.12. The molecule has 3 nitrogen and oxygen atoms in total. The average Bonchev–Trinajstić information content (AvgIpc) is 2.49. The summed E-state index contributed by atoms with van der Waals surface area (Å²) >= 11 is 0. The van der Waals surface area contributed by atoms with E-state index in [-0.39, 0.29) is 12.1 Å². The SMILES string of the molecule is C/C=C/C(Cc1ccccc1)NC(=O)Nc1ccccc1. The lowest BCUT2D eigenvalue weighted by Crippen LogP contribution is -2.38. The fraction of sp³-hybridized carbons (Fsp3) is 0.167. The lowest BCUT2D eigenvalue weighted by molar-refractivity contribution is 0.250. The van der Waals surface area contributed by atoms with Crippen LogP contribution in [0, 0.1) is 0 Å². The molecule has 21 heavy (non-hydrogen) atoms. The molecule has 0 saturated carbocycles. The highest BCUT2D eigenvalue weighted by molar-refractivity contribution is 5.89. The zero-order chi connectivity index (χ0) is 14.9. The highest BCUT2D eigenvalue weighted by Crippen LogP contribution is 2.07. The summed E-state index contributed by atoms with van der Waals surface area (Å²) in [5.74, 6) is 0. The van der Waals surface area contributed by atoms with Crippen molar-refractivity contribution < 1.29 is 4.79 Å². The predicted molar refractivity (Wildman–Crippen MR) is 87.3 cm³/mol. The monoisotopic (exact) mass is 280 g/mol. The summed E-state index contributed by atoms with van der Waals surface area (Å²) in [6.07, 6.45) is 4.72. The van der Waals surface area contributed by atoms with Crippen molar-refractivity contribution in [3.8, 4) is 0 Å². The van der Waals surface area contributed by atoms with Crippen molar-refractivity contribution in [2.45, 2.75) is 19.4 Å². The summed E-state index contributed by atoms with van der Waals surface area (Å²) in [5, 5.41) is 5.81. The van der Waals surface area contributed by atoms with Gasteiger partial charge in [-0.1, -0.05) is 60.7 Å². The number of carbonyl (C=O) groups excluding carboxylic acids is 1. The number of hydrogen-bond acceptors (Lipinski definition) is 1. The van der Waals surface area contributed by atoms with Crippen molar-refractivity contribution in [2.75, 3.05) is 5.32 Å². The molecule has 0 spiro atoms. The number of para-hydroxylation sites is 1. The first kappa shape index (κ1) is 14.9. The second-order valence-corrected chi connectivity index (χ2v) is 4.79. The van der Waals surface area contributed by atoms with E-state index in [0.717, 1.165) is 12.1 Å². The fourth-order valence-electron chi connectivity index (χ4n) is 2.12. The normalized spacial score (nSPS) is 12.0. The van der Waals surface area contributed by atoms with Crippen LogP contribution in [0.15, 0.2) is 72.8 Å². The molecule has 0 heterocycles. The number of hydrogen-bond donors (Lipinski definition) is 2. The summed E-state index contributed by atoms with van der Waals surface area (Å²) in [4.78, 5) is 12.0. The molecule has 0 fully saturated rings. The average molecular weight is 280 g/mol. The number of carbonyl (C=O) groups is 1. The zero-order valence-electron chi connectivity index (χ0n) is 12.1. The van der Waals surface area contributed by atoms with Crippen LogP contribution in [0.3, 0.4) is 0 Å². The maximum atomic E-state index is 12.0. The highest BCUT2D eigenvalue weighted by atomic mass is 16.2. The van der Waals surface area contributed by atoms with Gasteiger partial charge >= 0.3 is 6.03 Å². The molecule has 2 aromatic rings. The first-order valence-electron chi connectivity index (χ1n) is 7.07. The van der Waals surface area contributed by atoms with Crippen molar-refractivity contribution in [3.63, 3.8) is 0 Å². The molecule has 3 heteroatoms. The standard InChI is InChI=1S/C18H20N2O/c1-2-9-17(14-15-10-5-3-6-11-15)20-18(21)19-16-12-7-4-8-13-16/h2-13,17H,14H2,1H3,(H2,19,20,21)/b9-2+. The molecule has 0 aromatic heterocycles. The van der Waals surface area contributed by atoms with E-state index in [9.17, 15) is 4.79 Å². The first-order valence-corrected chi connectivity index (χ1v) is 7.07. The van der Waals surface area contributed by atoms with Crippen LogP contribution in [-0.2, 0) is 6.42 Å². The maximum absolute atomic E-state index is 12.0. The molecule has 0 radical (unpaired) electrons. The quantitative estimate of drug-likeness (QED) is 0.799. The Morgan fingerprint density at radius 3 is 2.29 bits per heavy atom. The van der Waals surface area contributed by atoms with Gasteiger partial charge < -0.3 is 10.6 Å². The van der Waals surface area contributed by atoms with E-state index >= 15 is 0 Å². The Bertz CT molecular complexity index is 579. The summed E-state index contributed by atoms with van der Waals surface area (Å²) in [6, 6.07) is 19.3. The van der Waals surface area contributed by atoms with Crippen LogP contribution in [0.25, 0.3) is 0 Å². The van der Waals surface area contributed by atoms with E-state index in [1.165, 1.54) is 5.56 Å². The van der Waals surface area contributed by atoms with E-state index in [0.29, 0.717) is 0 Å². The minimum atomic E-state index is -0.194. The number of allylic oxidation sites excluding steroid dienone is 1. The molecule has 108 valence electrons. The van der Waals surface area contributed by atoms with E-state index in [1.54, 1.807) is 0 Å².